The van der Waals surface area contributed by atoms with Gasteiger partial charge in [0, 0.05) is 11.6 Å². The number of anilines is 1. The van der Waals surface area contributed by atoms with Crippen LogP contribution in [0.15, 0.2) is 54.2 Å². The summed E-state index contributed by atoms with van der Waals surface area (Å²) in [5, 5.41) is 13.1. The molecule has 0 aliphatic carbocycles. The molecule has 0 unspecified atom stereocenters. The van der Waals surface area contributed by atoms with E-state index in [-0.39, 0.29) is 18.3 Å². The van der Waals surface area contributed by atoms with E-state index >= 15 is 0 Å². The zero-order valence-corrected chi connectivity index (χ0v) is 19.7. The summed E-state index contributed by atoms with van der Waals surface area (Å²) < 4.78 is 7.72. The smallest absolute Gasteiger partial charge is 0.234 e. The molecule has 1 aromatic heterocycles. The van der Waals surface area contributed by atoms with E-state index in [9.17, 15) is 4.79 Å². The molecule has 6 nitrogen and oxygen atoms in total. The van der Waals surface area contributed by atoms with E-state index in [1.165, 1.54) is 11.8 Å². The molecule has 2 aromatic carbocycles. The van der Waals surface area contributed by atoms with Crippen LogP contribution in [-0.4, -0.2) is 26.4 Å². The molecule has 0 saturated heterocycles. The summed E-state index contributed by atoms with van der Waals surface area (Å²) in [6.45, 7) is 6.40. The molecule has 0 atom stereocenters. The Bertz CT molecular complexity index is 1100. The van der Waals surface area contributed by atoms with Gasteiger partial charge in [0.25, 0.3) is 0 Å². The molecule has 0 bridgehead atoms. The van der Waals surface area contributed by atoms with Crippen molar-refractivity contribution in [2.45, 2.75) is 25.2 Å². The van der Waals surface area contributed by atoms with Gasteiger partial charge >= 0.3 is 0 Å². The molecular formula is C21H19Cl3N4O2S. The third-order valence-corrected chi connectivity index (χ3v) is 6.18. The molecule has 1 amide bonds. The highest BCUT2D eigenvalue weighted by Gasteiger charge is 2.15. The van der Waals surface area contributed by atoms with Crippen LogP contribution in [0.25, 0.3) is 0 Å². The number of nitrogens with zero attached hydrogens (tertiary/aromatic N) is 3. The summed E-state index contributed by atoms with van der Waals surface area (Å²) in [6, 6.07) is 10.5. The van der Waals surface area contributed by atoms with E-state index in [1.807, 2.05) is 23.6 Å². The van der Waals surface area contributed by atoms with Gasteiger partial charge in [0.2, 0.25) is 5.91 Å². The van der Waals surface area contributed by atoms with Crippen molar-refractivity contribution in [3.63, 3.8) is 0 Å². The van der Waals surface area contributed by atoms with Crippen LogP contribution in [0.5, 0.6) is 5.75 Å². The van der Waals surface area contributed by atoms with E-state index < -0.39 is 0 Å². The summed E-state index contributed by atoms with van der Waals surface area (Å²) >= 11 is 19.3. The number of hydrogen-bond donors (Lipinski definition) is 1. The molecule has 0 saturated carbocycles. The zero-order chi connectivity index (χ0) is 22.4. The van der Waals surface area contributed by atoms with Crippen LogP contribution in [0.4, 0.5) is 5.69 Å². The molecule has 0 aliphatic rings. The van der Waals surface area contributed by atoms with Gasteiger partial charge in [-0.3, -0.25) is 9.36 Å². The fraction of sp³-hybridized carbons (Fsp3) is 0.190. The number of nitrogens with one attached hydrogen (secondary N) is 1. The number of benzene rings is 2. The summed E-state index contributed by atoms with van der Waals surface area (Å²) in [7, 11) is 0. The number of thioether (sulfide) groups is 1. The number of carbonyl (C=O) groups is 1. The van der Waals surface area contributed by atoms with Gasteiger partial charge in [-0.1, -0.05) is 58.7 Å². The number of rotatable bonds is 9. The third-order valence-electron chi connectivity index (χ3n) is 4.16. The van der Waals surface area contributed by atoms with Crippen molar-refractivity contribution in [2.75, 3.05) is 11.1 Å². The molecule has 0 spiro atoms. The van der Waals surface area contributed by atoms with Crippen LogP contribution in [0, 0.1) is 6.92 Å². The Hall–Kier alpha value is -2.19. The Morgan fingerprint density at radius 3 is 2.81 bits per heavy atom. The maximum atomic E-state index is 12.4. The van der Waals surface area contributed by atoms with Crippen LogP contribution in [-0.2, 0) is 17.9 Å². The number of aromatic nitrogens is 3. The van der Waals surface area contributed by atoms with Crippen LogP contribution in [0.3, 0.4) is 0 Å². The SMILES string of the molecule is C=CCn1c(COc2ccc(Cl)cc2C)nnc1SCC(=O)Nc1cccc(Cl)c1Cl. The summed E-state index contributed by atoms with van der Waals surface area (Å²) in [4.78, 5) is 12.4. The molecule has 162 valence electrons. The van der Waals surface area contributed by atoms with Gasteiger partial charge in [0.1, 0.15) is 12.4 Å². The first-order valence-electron chi connectivity index (χ1n) is 9.17. The zero-order valence-electron chi connectivity index (χ0n) is 16.6. The van der Waals surface area contributed by atoms with Crippen LogP contribution in [0.1, 0.15) is 11.4 Å². The predicted octanol–water partition coefficient (Wildman–Crippen LogP) is 6.04. The summed E-state index contributed by atoms with van der Waals surface area (Å²) in [5.41, 5.74) is 1.38. The molecule has 0 radical (unpaired) electrons. The molecule has 1 heterocycles. The van der Waals surface area contributed by atoms with Crippen molar-refractivity contribution in [1.82, 2.24) is 14.8 Å². The lowest BCUT2D eigenvalue weighted by Gasteiger charge is -2.11. The largest absolute Gasteiger partial charge is 0.485 e. The van der Waals surface area contributed by atoms with Crippen LogP contribution in [0.2, 0.25) is 15.1 Å². The number of halogens is 3. The number of ether oxygens (including phenoxy) is 1. The van der Waals surface area contributed by atoms with Gasteiger partial charge in [0.05, 0.1) is 21.5 Å². The molecule has 0 fully saturated rings. The van der Waals surface area contributed by atoms with Crippen LogP contribution >= 0.6 is 46.6 Å². The highest BCUT2D eigenvalue weighted by molar-refractivity contribution is 7.99. The number of allylic oxidation sites excluding steroid dienone is 1. The average Bonchev–Trinajstić information content (AvgIpc) is 3.11. The molecule has 10 heteroatoms. The van der Waals surface area contributed by atoms with E-state index in [0.29, 0.717) is 44.0 Å². The maximum absolute atomic E-state index is 12.4. The maximum Gasteiger partial charge on any atom is 0.234 e. The highest BCUT2D eigenvalue weighted by Crippen LogP contribution is 2.30. The van der Waals surface area contributed by atoms with Gasteiger partial charge in [-0.2, -0.15) is 0 Å². The Morgan fingerprint density at radius 1 is 1.26 bits per heavy atom. The lowest BCUT2D eigenvalue weighted by atomic mass is 10.2. The van der Waals surface area contributed by atoms with Gasteiger partial charge in [-0.15, -0.1) is 16.8 Å². The first kappa shape index (κ1) is 23.5. The molecule has 31 heavy (non-hydrogen) atoms. The lowest BCUT2D eigenvalue weighted by Crippen LogP contribution is -2.15. The fourth-order valence-electron chi connectivity index (χ4n) is 2.68. The van der Waals surface area contributed by atoms with E-state index in [1.54, 1.807) is 30.3 Å². The third kappa shape index (κ3) is 6.17. The number of hydrogen-bond acceptors (Lipinski definition) is 5. The van der Waals surface area contributed by atoms with Gasteiger partial charge in [-0.05, 0) is 42.8 Å². The Kier molecular flexibility index (Phi) is 8.26. The quantitative estimate of drug-likeness (QED) is 0.288. The fourth-order valence-corrected chi connectivity index (χ4v) is 4.02. The van der Waals surface area contributed by atoms with Crippen molar-refractivity contribution in [2.24, 2.45) is 0 Å². The predicted molar refractivity (Wildman–Crippen MR) is 127 cm³/mol. The lowest BCUT2D eigenvalue weighted by molar-refractivity contribution is -0.113. The van der Waals surface area contributed by atoms with Crippen LogP contribution < -0.4 is 10.1 Å². The van der Waals surface area contributed by atoms with E-state index in [4.69, 9.17) is 39.5 Å². The van der Waals surface area contributed by atoms with Crippen molar-refractivity contribution in [3.05, 3.63) is 75.5 Å². The second-order valence-electron chi connectivity index (χ2n) is 6.43. The molecule has 0 aliphatic heterocycles. The van der Waals surface area contributed by atoms with Gasteiger partial charge in [0.15, 0.2) is 11.0 Å². The second kappa shape index (κ2) is 10.9. The minimum atomic E-state index is -0.239. The van der Waals surface area contributed by atoms with Crippen molar-refractivity contribution >= 4 is 58.2 Å². The summed E-state index contributed by atoms with van der Waals surface area (Å²) in [5.74, 6) is 1.21. The first-order valence-corrected chi connectivity index (χ1v) is 11.3. The minimum absolute atomic E-state index is 0.120. The monoisotopic (exact) mass is 496 g/mol. The Balaban J connectivity index is 1.64. The Labute approximate surface area is 199 Å². The second-order valence-corrected chi connectivity index (χ2v) is 8.60. The van der Waals surface area contributed by atoms with Gasteiger partial charge < -0.3 is 10.1 Å². The number of amides is 1. The first-order chi connectivity index (χ1) is 14.9. The van der Waals surface area contributed by atoms with Gasteiger partial charge in [-0.25, -0.2) is 0 Å². The number of carbonyl (C=O) groups excluding carboxylic acids is 1. The molecular weight excluding hydrogens is 479 g/mol. The normalized spacial score (nSPS) is 10.7. The van der Waals surface area contributed by atoms with Crippen molar-refractivity contribution in [1.29, 1.82) is 0 Å². The summed E-state index contributed by atoms with van der Waals surface area (Å²) in [6.07, 6.45) is 1.73. The van der Waals surface area contributed by atoms with E-state index in [2.05, 4.69) is 22.1 Å². The topological polar surface area (TPSA) is 69.0 Å². The minimum Gasteiger partial charge on any atom is -0.485 e. The standard InChI is InChI=1S/C21H19Cl3N4O2S/c1-3-9-28-18(11-30-17-8-7-14(22)10-13(17)2)26-27-21(28)31-12-19(29)25-16-6-4-5-15(23)20(16)24/h3-8,10H,1,9,11-12H2,2H3,(H,25,29). The molecule has 3 aromatic rings. The Morgan fingerprint density at radius 2 is 2.06 bits per heavy atom. The average molecular weight is 498 g/mol. The van der Waals surface area contributed by atoms with E-state index in [0.717, 1.165) is 5.56 Å². The van der Waals surface area contributed by atoms with Crippen molar-refractivity contribution < 1.29 is 9.53 Å². The molecule has 3 rings (SSSR count). The number of aryl methyl sites for hydroxylation is 1. The molecule has 1 N–H and O–H groups in total. The van der Waals surface area contributed by atoms with Crippen molar-refractivity contribution in [3.8, 4) is 5.75 Å². The highest BCUT2D eigenvalue weighted by atomic mass is 35.5.